The zero-order valence-electron chi connectivity index (χ0n) is 12.7. The first-order valence-electron chi connectivity index (χ1n) is 8.07. The number of rotatable bonds is 2. The lowest BCUT2D eigenvalue weighted by Gasteiger charge is -2.38. The van der Waals surface area contributed by atoms with Gasteiger partial charge in [-0.1, -0.05) is 6.42 Å². The van der Waals surface area contributed by atoms with Gasteiger partial charge in [-0.3, -0.25) is 9.69 Å². The molecule has 0 spiro atoms. The minimum Gasteiger partial charge on any atom is -0.480 e. The standard InChI is InChI=1S/C15H25N3O3/c1-11(14(19)20)16-5-7-17(8-6-16)15(21)18-9-12-3-2-4-13(12)10-18/h11-13H,2-10H2,1H3,(H,19,20). The Bertz CT molecular complexity index is 408. The number of urea groups is 1. The second-order valence-electron chi connectivity index (χ2n) is 6.68. The molecule has 3 rings (SSSR count). The van der Waals surface area contributed by atoms with Gasteiger partial charge in [0, 0.05) is 39.3 Å². The summed E-state index contributed by atoms with van der Waals surface area (Å²) in [7, 11) is 0. The van der Waals surface area contributed by atoms with Gasteiger partial charge in [0.2, 0.25) is 0 Å². The van der Waals surface area contributed by atoms with Crippen molar-refractivity contribution in [3.8, 4) is 0 Å². The van der Waals surface area contributed by atoms with Crippen LogP contribution in [0.3, 0.4) is 0 Å². The molecule has 3 fully saturated rings. The number of carbonyl (C=O) groups excluding carboxylic acids is 1. The first-order valence-corrected chi connectivity index (χ1v) is 8.07. The maximum absolute atomic E-state index is 12.6. The SMILES string of the molecule is CC(C(=O)O)N1CCN(C(=O)N2CC3CCCC3C2)CC1. The van der Waals surface area contributed by atoms with Crippen molar-refractivity contribution in [2.75, 3.05) is 39.3 Å². The Kier molecular flexibility index (Phi) is 4.06. The van der Waals surface area contributed by atoms with Gasteiger partial charge in [0.15, 0.2) is 0 Å². The Morgan fingerprint density at radius 3 is 2.10 bits per heavy atom. The van der Waals surface area contributed by atoms with Crippen molar-refractivity contribution in [2.45, 2.75) is 32.2 Å². The third-order valence-corrected chi connectivity index (χ3v) is 5.49. The molecular formula is C15H25N3O3. The average Bonchev–Trinajstić information content (AvgIpc) is 3.07. The normalized spacial score (nSPS) is 31.3. The smallest absolute Gasteiger partial charge is 0.320 e. The summed E-state index contributed by atoms with van der Waals surface area (Å²) in [5.41, 5.74) is 0. The van der Waals surface area contributed by atoms with Crippen LogP contribution in [0.5, 0.6) is 0 Å². The molecule has 3 aliphatic rings. The number of carbonyl (C=O) groups is 2. The lowest BCUT2D eigenvalue weighted by Crippen LogP contribution is -2.55. The van der Waals surface area contributed by atoms with E-state index in [0.29, 0.717) is 26.2 Å². The highest BCUT2D eigenvalue weighted by atomic mass is 16.4. The van der Waals surface area contributed by atoms with E-state index in [9.17, 15) is 9.59 Å². The average molecular weight is 295 g/mol. The molecule has 2 saturated heterocycles. The van der Waals surface area contributed by atoms with E-state index in [1.165, 1.54) is 19.3 Å². The summed E-state index contributed by atoms with van der Waals surface area (Å²) in [6.45, 7) is 6.15. The summed E-state index contributed by atoms with van der Waals surface area (Å²) >= 11 is 0. The summed E-state index contributed by atoms with van der Waals surface area (Å²) in [4.78, 5) is 29.4. The second-order valence-corrected chi connectivity index (χ2v) is 6.68. The molecule has 118 valence electrons. The van der Waals surface area contributed by atoms with E-state index in [2.05, 4.69) is 0 Å². The third-order valence-electron chi connectivity index (χ3n) is 5.49. The van der Waals surface area contributed by atoms with Crippen LogP contribution in [0.4, 0.5) is 4.79 Å². The van der Waals surface area contributed by atoms with Crippen LogP contribution in [-0.2, 0) is 4.79 Å². The lowest BCUT2D eigenvalue weighted by molar-refractivity contribution is -0.143. The van der Waals surface area contributed by atoms with Crippen LogP contribution in [0.25, 0.3) is 0 Å². The molecule has 0 aromatic heterocycles. The molecule has 0 aromatic rings. The van der Waals surface area contributed by atoms with Gasteiger partial charge in [-0.15, -0.1) is 0 Å². The quantitative estimate of drug-likeness (QED) is 0.823. The summed E-state index contributed by atoms with van der Waals surface area (Å²) < 4.78 is 0. The number of nitrogens with zero attached hydrogens (tertiary/aromatic N) is 3. The molecule has 21 heavy (non-hydrogen) atoms. The highest BCUT2D eigenvalue weighted by Crippen LogP contribution is 2.38. The molecule has 0 bridgehead atoms. The predicted octanol–water partition coefficient (Wildman–Crippen LogP) is 0.929. The zero-order chi connectivity index (χ0) is 15.0. The van der Waals surface area contributed by atoms with Gasteiger partial charge in [-0.2, -0.15) is 0 Å². The van der Waals surface area contributed by atoms with Crippen LogP contribution in [0, 0.1) is 11.8 Å². The maximum Gasteiger partial charge on any atom is 0.320 e. The summed E-state index contributed by atoms with van der Waals surface area (Å²) in [5.74, 6) is 0.659. The first kappa shape index (κ1) is 14.6. The van der Waals surface area contributed by atoms with Crippen molar-refractivity contribution < 1.29 is 14.7 Å². The Morgan fingerprint density at radius 1 is 1.00 bits per heavy atom. The molecule has 1 aliphatic carbocycles. The molecule has 6 nitrogen and oxygen atoms in total. The van der Waals surface area contributed by atoms with E-state index in [4.69, 9.17) is 5.11 Å². The van der Waals surface area contributed by atoms with Crippen LogP contribution in [0.2, 0.25) is 0 Å². The summed E-state index contributed by atoms with van der Waals surface area (Å²) in [6.07, 6.45) is 3.87. The maximum atomic E-state index is 12.6. The predicted molar refractivity (Wildman–Crippen MR) is 78.0 cm³/mol. The number of aliphatic carboxylic acids is 1. The molecule has 3 unspecified atom stereocenters. The van der Waals surface area contributed by atoms with Gasteiger partial charge in [-0.25, -0.2) is 4.79 Å². The Balaban J connectivity index is 1.50. The van der Waals surface area contributed by atoms with E-state index in [0.717, 1.165) is 24.9 Å². The van der Waals surface area contributed by atoms with Gasteiger partial charge in [-0.05, 0) is 31.6 Å². The number of hydrogen-bond donors (Lipinski definition) is 1. The van der Waals surface area contributed by atoms with Crippen molar-refractivity contribution in [3.05, 3.63) is 0 Å². The zero-order valence-corrected chi connectivity index (χ0v) is 12.7. The van der Waals surface area contributed by atoms with Gasteiger partial charge < -0.3 is 14.9 Å². The van der Waals surface area contributed by atoms with E-state index in [-0.39, 0.29) is 6.03 Å². The van der Waals surface area contributed by atoms with Crippen molar-refractivity contribution in [1.29, 1.82) is 0 Å². The number of fused-ring (bicyclic) bond motifs is 1. The fourth-order valence-corrected chi connectivity index (χ4v) is 4.05. The van der Waals surface area contributed by atoms with Crippen molar-refractivity contribution >= 4 is 12.0 Å². The van der Waals surface area contributed by atoms with Crippen LogP contribution in [0.15, 0.2) is 0 Å². The first-order chi connectivity index (χ1) is 10.1. The number of hydrogen-bond acceptors (Lipinski definition) is 3. The molecule has 3 atom stereocenters. The number of likely N-dealkylation sites (tertiary alicyclic amines) is 1. The molecule has 0 aromatic carbocycles. The largest absolute Gasteiger partial charge is 0.480 e. The Morgan fingerprint density at radius 2 is 1.57 bits per heavy atom. The van der Waals surface area contributed by atoms with Crippen LogP contribution < -0.4 is 0 Å². The van der Waals surface area contributed by atoms with Gasteiger partial charge in [0.1, 0.15) is 6.04 Å². The van der Waals surface area contributed by atoms with E-state index >= 15 is 0 Å². The molecule has 2 amide bonds. The molecule has 1 N–H and O–H groups in total. The van der Waals surface area contributed by atoms with E-state index in [1.807, 2.05) is 14.7 Å². The van der Waals surface area contributed by atoms with Crippen LogP contribution in [0.1, 0.15) is 26.2 Å². The summed E-state index contributed by atoms with van der Waals surface area (Å²) in [5, 5.41) is 9.04. The topological polar surface area (TPSA) is 64.1 Å². The van der Waals surface area contributed by atoms with Crippen LogP contribution >= 0.6 is 0 Å². The van der Waals surface area contributed by atoms with E-state index in [1.54, 1.807) is 6.92 Å². The highest BCUT2D eigenvalue weighted by Gasteiger charge is 2.39. The molecular weight excluding hydrogens is 270 g/mol. The number of carboxylic acids is 1. The fourth-order valence-electron chi connectivity index (χ4n) is 4.05. The molecule has 2 heterocycles. The second kappa shape index (κ2) is 5.83. The summed E-state index contributed by atoms with van der Waals surface area (Å²) in [6, 6.07) is -0.305. The number of carboxylic acid groups (broad SMARTS) is 1. The van der Waals surface area contributed by atoms with Crippen molar-refractivity contribution in [2.24, 2.45) is 11.8 Å². The lowest BCUT2D eigenvalue weighted by atomic mass is 10.0. The Hall–Kier alpha value is -1.30. The minimum absolute atomic E-state index is 0.159. The van der Waals surface area contributed by atoms with Gasteiger partial charge >= 0.3 is 12.0 Å². The van der Waals surface area contributed by atoms with Gasteiger partial charge in [0.25, 0.3) is 0 Å². The fraction of sp³-hybridized carbons (Fsp3) is 0.867. The molecule has 2 aliphatic heterocycles. The van der Waals surface area contributed by atoms with Crippen molar-refractivity contribution in [1.82, 2.24) is 14.7 Å². The molecule has 6 heteroatoms. The van der Waals surface area contributed by atoms with E-state index < -0.39 is 12.0 Å². The highest BCUT2D eigenvalue weighted by molar-refractivity contribution is 5.75. The molecule has 1 saturated carbocycles. The monoisotopic (exact) mass is 295 g/mol. The van der Waals surface area contributed by atoms with Crippen molar-refractivity contribution in [3.63, 3.8) is 0 Å². The number of piperazine rings is 1. The van der Waals surface area contributed by atoms with Crippen LogP contribution in [-0.4, -0.2) is 77.1 Å². The third kappa shape index (κ3) is 2.86. The number of amides is 2. The minimum atomic E-state index is -0.790. The molecule has 0 radical (unpaired) electrons. The Labute approximate surface area is 125 Å². The van der Waals surface area contributed by atoms with Gasteiger partial charge in [0.05, 0.1) is 0 Å².